The molecule has 2 aliphatic heterocycles. The van der Waals surface area contributed by atoms with E-state index in [9.17, 15) is 4.79 Å². The standard InChI is InChI=1S/C16H24N2O3S/c19-16(10-14-2-1-9-22-14)17-11-15(13-3-6-21-12-13)18-4-7-20-8-5-18/h1-2,9,13,15H,3-8,10-12H2,(H,17,19)/t13-,15+/m0/s1. The Balaban J connectivity index is 1.53. The minimum absolute atomic E-state index is 0.111. The van der Waals surface area contributed by atoms with Crippen LogP contribution in [0.3, 0.4) is 0 Å². The molecule has 1 N–H and O–H groups in total. The highest BCUT2D eigenvalue weighted by atomic mass is 32.1. The van der Waals surface area contributed by atoms with Crippen molar-refractivity contribution in [2.24, 2.45) is 5.92 Å². The van der Waals surface area contributed by atoms with E-state index < -0.39 is 0 Å². The van der Waals surface area contributed by atoms with E-state index in [0.29, 0.717) is 24.9 Å². The van der Waals surface area contributed by atoms with Gasteiger partial charge in [-0.05, 0) is 17.9 Å². The number of carbonyl (C=O) groups is 1. The third-order valence-corrected chi connectivity index (χ3v) is 5.32. The van der Waals surface area contributed by atoms with E-state index in [1.807, 2.05) is 17.5 Å². The lowest BCUT2D eigenvalue weighted by Gasteiger charge is -2.37. The molecule has 0 unspecified atom stereocenters. The molecule has 0 aliphatic carbocycles. The van der Waals surface area contributed by atoms with E-state index in [0.717, 1.165) is 50.8 Å². The van der Waals surface area contributed by atoms with Gasteiger partial charge in [0.05, 0.1) is 26.2 Å². The largest absolute Gasteiger partial charge is 0.381 e. The van der Waals surface area contributed by atoms with Gasteiger partial charge in [-0.1, -0.05) is 6.07 Å². The van der Waals surface area contributed by atoms with Gasteiger partial charge in [0.15, 0.2) is 0 Å². The molecule has 0 bridgehead atoms. The Bertz CT molecular complexity index is 454. The molecule has 0 saturated carbocycles. The summed E-state index contributed by atoms with van der Waals surface area (Å²) in [4.78, 5) is 15.7. The Morgan fingerprint density at radius 3 is 2.91 bits per heavy atom. The quantitative estimate of drug-likeness (QED) is 0.853. The minimum Gasteiger partial charge on any atom is -0.381 e. The van der Waals surface area contributed by atoms with Gasteiger partial charge < -0.3 is 14.8 Å². The first-order valence-corrected chi connectivity index (χ1v) is 8.89. The lowest BCUT2D eigenvalue weighted by molar-refractivity contribution is -0.120. The average molecular weight is 324 g/mol. The van der Waals surface area contributed by atoms with Crippen LogP contribution >= 0.6 is 11.3 Å². The van der Waals surface area contributed by atoms with Gasteiger partial charge in [-0.3, -0.25) is 9.69 Å². The lowest BCUT2D eigenvalue weighted by Crippen LogP contribution is -2.52. The van der Waals surface area contributed by atoms with Gasteiger partial charge in [-0.2, -0.15) is 0 Å². The first-order chi connectivity index (χ1) is 10.8. The lowest BCUT2D eigenvalue weighted by atomic mass is 9.97. The van der Waals surface area contributed by atoms with E-state index >= 15 is 0 Å². The maximum atomic E-state index is 12.1. The molecule has 1 aromatic rings. The van der Waals surface area contributed by atoms with Crippen LogP contribution in [-0.4, -0.2) is 62.9 Å². The number of morpholine rings is 1. The minimum atomic E-state index is 0.111. The van der Waals surface area contributed by atoms with Crippen molar-refractivity contribution in [2.45, 2.75) is 18.9 Å². The normalized spacial score (nSPS) is 24.3. The molecule has 3 heterocycles. The molecule has 0 spiro atoms. The molecule has 2 fully saturated rings. The van der Waals surface area contributed by atoms with Crippen LogP contribution in [0.2, 0.25) is 0 Å². The van der Waals surface area contributed by atoms with Crippen molar-refractivity contribution < 1.29 is 14.3 Å². The fourth-order valence-corrected chi connectivity index (χ4v) is 3.92. The molecular formula is C16H24N2O3S. The predicted octanol–water partition coefficient (Wildman–Crippen LogP) is 1.14. The van der Waals surface area contributed by atoms with E-state index in [2.05, 4.69) is 10.2 Å². The van der Waals surface area contributed by atoms with Crippen molar-refractivity contribution in [1.29, 1.82) is 0 Å². The molecule has 2 aliphatic rings. The molecule has 0 radical (unpaired) electrons. The molecule has 1 amide bonds. The van der Waals surface area contributed by atoms with Crippen molar-refractivity contribution in [1.82, 2.24) is 10.2 Å². The summed E-state index contributed by atoms with van der Waals surface area (Å²) in [5, 5.41) is 5.13. The summed E-state index contributed by atoms with van der Waals surface area (Å²) in [6.45, 7) is 5.82. The number of hydrogen-bond acceptors (Lipinski definition) is 5. The number of hydrogen-bond donors (Lipinski definition) is 1. The van der Waals surface area contributed by atoms with Crippen LogP contribution < -0.4 is 5.32 Å². The van der Waals surface area contributed by atoms with Crippen LogP contribution in [-0.2, 0) is 20.7 Å². The third kappa shape index (κ3) is 4.29. The molecule has 122 valence electrons. The zero-order valence-electron chi connectivity index (χ0n) is 12.8. The molecule has 5 nitrogen and oxygen atoms in total. The van der Waals surface area contributed by atoms with Crippen molar-refractivity contribution in [3.05, 3.63) is 22.4 Å². The van der Waals surface area contributed by atoms with E-state index in [1.165, 1.54) is 0 Å². The fourth-order valence-electron chi connectivity index (χ4n) is 3.21. The summed E-state index contributed by atoms with van der Waals surface area (Å²) in [6, 6.07) is 4.35. The maximum Gasteiger partial charge on any atom is 0.225 e. The highest BCUT2D eigenvalue weighted by Gasteiger charge is 2.31. The Morgan fingerprint density at radius 2 is 2.23 bits per heavy atom. The Labute approximate surface area is 135 Å². The second kappa shape index (κ2) is 8.06. The van der Waals surface area contributed by atoms with E-state index in [4.69, 9.17) is 9.47 Å². The van der Waals surface area contributed by atoms with Gasteiger partial charge in [-0.15, -0.1) is 11.3 Å². The zero-order chi connectivity index (χ0) is 15.2. The maximum absolute atomic E-state index is 12.1. The second-order valence-corrected chi connectivity index (χ2v) is 6.93. The monoisotopic (exact) mass is 324 g/mol. The van der Waals surface area contributed by atoms with Crippen LogP contribution in [0.1, 0.15) is 11.3 Å². The van der Waals surface area contributed by atoms with Crippen LogP contribution in [0.4, 0.5) is 0 Å². The topological polar surface area (TPSA) is 50.8 Å². The van der Waals surface area contributed by atoms with Crippen molar-refractivity contribution in [3.8, 4) is 0 Å². The van der Waals surface area contributed by atoms with Crippen LogP contribution in [0.15, 0.2) is 17.5 Å². The number of thiophene rings is 1. The van der Waals surface area contributed by atoms with Crippen molar-refractivity contribution >= 4 is 17.2 Å². The highest BCUT2D eigenvalue weighted by Crippen LogP contribution is 2.22. The number of nitrogens with zero attached hydrogens (tertiary/aromatic N) is 1. The Hall–Kier alpha value is -0.950. The fraction of sp³-hybridized carbons (Fsp3) is 0.688. The summed E-state index contributed by atoms with van der Waals surface area (Å²) >= 11 is 1.63. The smallest absolute Gasteiger partial charge is 0.225 e. The van der Waals surface area contributed by atoms with Crippen molar-refractivity contribution in [2.75, 3.05) is 46.1 Å². The zero-order valence-corrected chi connectivity index (χ0v) is 13.6. The van der Waals surface area contributed by atoms with E-state index in [-0.39, 0.29) is 5.91 Å². The summed E-state index contributed by atoms with van der Waals surface area (Å²) in [5.74, 6) is 0.625. The molecule has 2 atom stereocenters. The summed E-state index contributed by atoms with van der Waals surface area (Å²) in [7, 11) is 0. The number of carbonyl (C=O) groups excluding carboxylic acids is 1. The number of ether oxygens (including phenoxy) is 2. The van der Waals surface area contributed by atoms with Crippen molar-refractivity contribution in [3.63, 3.8) is 0 Å². The highest BCUT2D eigenvalue weighted by molar-refractivity contribution is 7.10. The molecule has 3 rings (SSSR count). The number of nitrogens with one attached hydrogen (secondary N) is 1. The number of rotatable bonds is 6. The predicted molar refractivity (Wildman–Crippen MR) is 86.1 cm³/mol. The third-order valence-electron chi connectivity index (χ3n) is 4.45. The van der Waals surface area contributed by atoms with Gasteiger partial charge in [-0.25, -0.2) is 0 Å². The van der Waals surface area contributed by atoms with Crippen LogP contribution in [0.25, 0.3) is 0 Å². The van der Waals surface area contributed by atoms with Gasteiger partial charge in [0.1, 0.15) is 0 Å². The van der Waals surface area contributed by atoms with Crippen LogP contribution in [0, 0.1) is 5.92 Å². The molecule has 0 aromatic carbocycles. The Kier molecular flexibility index (Phi) is 5.83. The van der Waals surface area contributed by atoms with Gasteiger partial charge in [0.2, 0.25) is 5.91 Å². The average Bonchev–Trinajstić information content (AvgIpc) is 3.22. The first-order valence-electron chi connectivity index (χ1n) is 8.01. The summed E-state index contributed by atoms with van der Waals surface area (Å²) < 4.78 is 11.0. The van der Waals surface area contributed by atoms with E-state index in [1.54, 1.807) is 11.3 Å². The molecule has 6 heteroatoms. The molecular weight excluding hydrogens is 300 g/mol. The van der Waals surface area contributed by atoms with Gasteiger partial charge in [0, 0.05) is 43.1 Å². The summed E-state index contributed by atoms with van der Waals surface area (Å²) in [6.07, 6.45) is 1.57. The first kappa shape index (κ1) is 15.9. The summed E-state index contributed by atoms with van der Waals surface area (Å²) in [5.41, 5.74) is 0. The van der Waals surface area contributed by atoms with Gasteiger partial charge in [0.25, 0.3) is 0 Å². The molecule has 1 aromatic heterocycles. The van der Waals surface area contributed by atoms with Crippen LogP contribution in [0.5, 0.6) is 0 Å². The molecule has 22 heavy (non-hydrogen) atoms. The molecule has 2 saturated heterocycles. The SMILES string of the molecule is O=C(Cc1cccs1)NC[C@H]([C@H]1CCOC1)N1CCOCC1. The Morgan fingerprint density at radius 1 is 1.36 bits per heavy atom. The number of amides is 1. The van der Waals surface area contributed by atoms with Gasteiger partial charge >= 0.3 is 0 Å². The second-order valence-electron chi connectivity index (χ2n) is 5.90.